The molecule has 1 aliphatic rings. The predicted molar refractivity (Wildman–Crippen MR) is 84.2 cm³/mol. The molecule has 1 fully saturated rings. The molecule has 0 bridgehead atoms. The Hall–Kier alpha value is -0.653. The number of carbonyl (C=O) groups is 1. The highest BCUT2D eigenvalue weighted by Crippen LogP contribution is 2.39. The predicted octanol–water partition coefficient (Wildman–Crippen LogP) is 2.86. The molecule has 5 heteroatoms. The first-order valence-electron chi connectivity index (χ1n) is 7.25. The topological polar surface area (TPSA) is 47.6 Å². The molecule has 1 aliphatic heterocycles. The first kappa shape index (κ1) is 17.4. The first-order chi connectivity index (χ1) is 9.12. The van der Waals surface area contributed by atoms with Crippen LogP contribution in [0.2, 0.25) is 18.1 Å². The van der Waals surface area contributed by atoms with Crippen LogP contribution in [0.25, 0.3) is 0 Å². The Morgan fingerprint density at radius 2 is 2.05 bits per heavy atom. The van der Waals surface area contributed by atoms with Gasteiger partial charge in [-0.05, 0) is 31.0 Å². The molecule has 0 saturated carbocycles. The summed E-state index contributed by atoms with van der Waals surface area (Å²) >= 11 is 0. The fraction of sp³-hybridized carbons (Fsp3) is 0.800. The molecule has 116 valence electrons. The lowest BCUT2D eigenvalue weighted by molar-refractivity contribution is -0.142. The maximum atomic E-state index is 11.7. The lowest BCUT2D eigenvalue weighted by Gasteiger charge is -2.39. The van der Waals surface area contributed by atoms with Crippen LogP contribution >= 0.6 is 0 Å². The summed E-state index contributed by atoms with van der Waals surface area (Å²) in [6.45, 7) is 14.9. The molecule has 0 spiro atoms. The molecule has 4 nitrogen and oxygen atoms in total. The molecule has 0 aliphatic carbocycles. The molecule has 1 rings (SSSR count). The van der Waals surface area contributed by atoms with E-state index < -0.39 is 8.32 Å². The van der Waals surface area contributed by atoms with Gasteiger partial charge in [0.25, 0.3) is 0 Å². The average molecular weight is 299 g/mol. The van der Waals surface area contributed by atoms with Gasteiger partial charge in [-0.2, -0.15) is 0 Å². The second kappa shape index (κ2) is 6.41. The van der Waals surface area contributed by atoms with E-state index in [9.17, 15) is 4.79 Å². The Kier molecular flexibility index (Phi) is 5.58. The summed E-state index contributed by atoms with van der Waals surface area (Å²) in [6.07, 6.45) is 3.40. The zero-order chi connectivity index (χ0) is 15.6. The molecule has 0 aromatic rings. The van der Waals surface area contributed by atoms with Crippen molar-refractivity contribution in [3.63, 3.8) is 0 Å². The number of esters is 1. The van der Waals surface area contributed by atoms with Crippen LogP contribution in [0.15, 0.2) is 12.7 Å². The lowest BCUT2D eigenvalue weighted by atomic mass is 10.1. The van der Waals surface area contributed by atoms with Gasteiger partial charge in [0, 0.05) is 6.04 Å². The van der Waals surface area contributed by atoms with E-state index in [1.807, 2.05) is 6.08 Å². The van der Waals surface area contributed by atoms with E-state index in [2.05, 4.69) is 45.8 Å². The van der Waals surface area contributed by atoms with Gasteiger partial charge < -0.3 is 9.16 Å². The largest absolute Gasteiger partial charge is 0.468 e. The summed E-state index contributed by atoms with van der Waals surface area (Å²) in [4.78, 5) is 11.7. The molecule has 1 heterocycles. The second-order valence-corrected chi connectivity index (χ2v) is 11.8. The highest BCUT2D eigenvalue weighted by atomic mass is 28.4. The van der Waals surface area contributed by atoms with Crippen molar-refractivity contribution in [2.75, 3.05) is 7.11 Å². The van der Waals surface area contributed by atoms with Gasteiger partial charge in [0.15, 0.2) is 8.32 Å². The van der Waals surface area contributed by atoms with Crippen molar-refractivity contribution in [3.8, 4) is 0 Å². The summed E-state index contributed by atoms with van der Waals surface area (Å²) in [5.41, 5.74) is 0. The number of methoxy groups -OCH3 is 1. The van der Waals surface area contributed by atoms with E-state index in [-0.39, 0.29) is 29.2 Å². The van der Waals surface area contributed by atoms with Crippen molar-refractivity contribution in [3.05, 3.63) is 12.7 Å². The third kappa shape index (κ3) is 3.93. The van der Waals surface area contributed by atoms with Crippen LogP contribution in [0.5, 0.6) is 0 Å². The van der Waals surface area contributed by atoms with E-state index >= 15 is 0 Å². The van der Waals surface area contributed by atoms with Crippen molar-refractivity contribution in [1.29, 1.82) is 0 Å². The molecular weight excluding hydrogens is 270 g/mol. The minimum atomic E-state index is -1.84. The van der Waals surface area contributed by atoms with E-state index in [0.717, 1.165) is 6.42 Å². The van der Waals surface area contributed by atoms with Crippen LogP contribution in [-0.4, -0.2) is 39.6 Å². The van der Waals surface area contributed by atoms with Crippen LogP contribution in [0.1, 0.15) is 33.6 Å². The Bertz CT molecular complexity index is 363. The average Bonchev–Trinajstić information content (AvgIpc) is 2.70. The molecule has 0 unspecified atom stereocenters. The molecule has 0 aromatic carbocycles. The first-order valence-corrected chi connectivity index (χ1v) is 10.2. The van der Waals surface area contributed by atoms with Crippen molar-refractivity contribution >= 4 is 14.3 Å². The van der Waals surface area contributed by atoms with E-state index in [4.69, 9.17) is 9.16 Å². The summed E-state index contributed by atoms with van der Waals surface area (Å²) in [7, 11) is -0.417. The van der Waals surface area contributed by atoms with Crippen molar-refractivity contribution in [2.45, 2.75) is 69.9 Å². The van der Waals surface area contributed by atoms with E-state index in [0.29, 0.717) is 6.42 Å². The Morgan fingerprint density at radius 3 is 2.50 bits per heavy atom. The lowest BCUT2D eigenvalue weighted by Crippen LogP contribution is -2.47. The quantitative estimate of drug-likeness (QED) is 0.482. The third-order valence-corrected chi connectivity index (χ3v) is 8.99. The summed E-state index contributed by atoms with van der Waals surface area (Å²) < 4.78 is 11.3. The van der Waals surface area contributed by atoms with Gasteiger partial charge >= 0.3 is 5.97 Å². The second-order valence-electron chi connectivity index (χ2n) is 7.03. The molecule has 0 aromatic heterocycles. The fourth-order valence-electron chi connectivity index (χ4n) is 2.22. The standard InChI is InChI=1S/C15H29NO3Si/c1-8-9-11-13(10-12(16-11)14(17)18-5)19-20(6,7)15(2,3)4/h8,11-13,16H,1,9-10H2,2-7H3/t11-,12+,13-/m1/s1. The van der Waals surface area contributed by atoms with Crippen LogP contribution in [0.4, 0.5) is 0 Å². The zero-order valence-electron chi connectivity index (χ0n) is 13.7. The van der Waals surface area contributed by atoms with Gasteiger partial charge in [-0.15, -0.1) is 6.58 Å². The maximum absolute atomic E-state index is 11.7. The summed E-state index contributed by atoms with van der Waals surface area (Å²) in [6, 6.07) is -0.120. The Labute approximate surface area is 124 Å². The number of hydrogen-bond donors (Lipinski definition) is 1. The third-order valence-electron chi connectivity index (χ3n) is 4.49. The SMILES string of the molecule is C=CC[C@H]1N[C@H](C(=O)OC)C[C@H]1O[Si](C)(C)C(C)(C)C. The Morgan fingerprint density at radius 1 is 1.45 bits per heavy atom. The maximum Gasteiger partial charge on any atom is 0.322 e. The summed E-state index contributed by atoms with van der Waals surface area (Å²) in [5.74, 6) is -0.208. The van der Waals surface area contributed by atoms with E-state index in [1.165, 1.54) is 7.11 Å². The number of ether oxygens (including phenoxy) is 1. The van der Waals surface area contributed by atoms with Gasteiger partial charge in [-0.3, -0.25) is 10.1 Å². The van der Waals surface area contributed by atoms with Crippen LogP contribution in [0.3, 0.4) is 0 Å². The Balaban J connectivity index is 2.80. The highest BCUT2D eigenvalue weighted by Gasteiger charge is 2.45. The van der Waals surface area contributed by atoms with Crippen LogP contribution < -0.4 is 5.32 Å². The minimum Gasteiger partial charge on any atom is -0.468 e. The normalized spacial score (nSPS) is 27.4. The molecular formula is C15H29NO3Si. The molecule has 3 atom stereocenters. The number of carbonyl (C=O) groups excluding carboxylic acids is 1. The summed E-state index contributed by atoms with van der Waals surface area (Å²) in [5, 5.41) is 3.48. The van der Waals surface area contributed by atoms with Crippen LogP contribution in [-0.2, 0) is 14.0 Å². The van der Waals surface area contributed by atoms with Gasteiger partial charge in [0.1, 0.15) is 6.04 Å². The molecule has 0 amide bonds. The monoisotopic (exact) mass is 299 g/mol. The van der Waals surface area contributed by atoms with Crippen molar-refractivity contribution in [1.82, 2.24) is 5.32 Å². The van der Waals surface area contributed by atoms with Crippen LogP contribution in [0, 0.1) is 0 Å². The van der Waals surface area contributed by atoms with Gasteiger partial charge in [0.2, 0.25) is 0 Å². The van der Waals surface area contributed by atoms with Gasteiger partial charge in [0.05, 0.1) is 13.2 Å². The number of rotatable bonds is 5. The minimum absolute atomic E-state index is 0.0537. The number of hydrogen-bond acceptors (Lipinski definition) is 4. The molecule has 0 radical (unpaired) electrons. The molecule has 1 N–H and O–H groups in total. The van der Waals surface area contributed by atoms with Gasteiger partial charge in [-0.1, -0.05) is 26.8 Å². The molecule has 20 heavy (non-hydrogen) atoms. The van der Waals surface area contributed by atoms with Crippen molar-refractivity contribution in [2.24, 2.45) is 0 Å². The zero-order valence-corrected chi connectivity index (χ0v) is 14.7. The highest BCUT2D eigenvalue weighted by molar-refractivity contribution is 6.74. The number of nitrogens with one attached hydrogen (secondary N) is 1. The van der Waals surface area contributed by atoms with Crippen molar-refractivity contribution < 1.29 is 14.0 Å². The van der Waals surface area contributed by atoms with E-state index in [1.54, 1.807) is 0 Å². The smallest absolute Gasteiger partial charge is 0.322 e. The fourth-order valence-corrected chi connectivity index (χ4v) is 3.59. The van der Waals surface area contributed by atoms with Gasteiger partial charge in [-0.25, -0.2) is 0 Å². The molecule has 1 saturated heterocycles.